The Hall–Kier alpha value is -1.33. The lowest BCUT2D eigenvalue weighted by Gasteiger charge is -2.22. The van der Waals surface area contributed by atoms with Gasteiger partial charge in [0, 0.05) is 12.1 Å². The van der Waals surface area contributed by atoms with Gasteiger partial charge in [-0.3, -0.25) is 0 Å². The Morgan fingerprint density at radius 1 is 0.686 bits per heavy atom. The van der Waals surface area contributed by atoms with Crippen molar-refractivity contribution in [3.63, 3.8) is 0 Å². The Morgan fingerprint density at radius 3 is 1.63 bits per heavy atom. The molecular weight excluding hydrogens is 459 g/mol. The molecule has 1 aromatic carbocycles. The zero-order valence-electron chi connectivity index (χ0n) is 22.3. The van der Waals surface area contributed by atoms with Gasteiger partial charge in [0.2, 0.25) is 0 Å². The van der Waals surface area contributed by atoms with Gasteiger partial charge in [-0.15, -0.1) is 0 Å². The van der Waals surface area contributed by atoms with Crippen molar-refractivity contribution in [1.82, 2.24) is 0 Å². The maximum Gasteiger partial charge on any atom is 0.397 e. The fourth-order valence-corrected chi connectivity index (χ4v) is 5.18. The highest BCUT2D eigenvalue weighted by Gasteiger charge is 2.32. The molecule has 0 aliphatic carbocycles. The lowest BCUT2D eigenvalue weighted by atomic mass is 9.86. The minimum absolute atomic E-state index is 0.261. The molecule has 0 bridgehead atoms. The summed E-state index contributed by atoms with van der Waals surface area (Å²) < 4.78 is 72.5. The van der Waals surface area contributed by atoms with Crippen LogP contribution in [0.25, 0.3) is 0 Å². The van der Waals surface area contributed by atoms with Crippen LogP contribution in [0, 0.1) is 35.2 Å². The molecule has 0 aliphatic heterocycles. The van der Waals surface area contributed by atoms with Crippen LogP contribution in [0.15, 0.2) is 12.1 Å². The molecule has 0 fully saturated rings. The predicted molar refractivity (Wildman–Crippen MR) is 134 cm³/mol. The van der Waals surface area contributed by atoms with Crippen molar-refractivity contribution in [3.05, 3.63) is 29.6 Å². The van der Waals surface area contributed by atoms with Gasteiger partial charge in [0.1, 0.15) is 5.75 Å². The quantitative estimate of drug-likeness (QED) is 0.126. The molecular formula is C29H47F5O. The molecule has 35 heavy (non-hydrogen) atoms. The van der Waals surface area contributed by atoms with Gasteiger partial charge in [0.25, 0.3) is 0 Å². The van der Waals surface area contributed by atoms with Crippen LogP contribution in [0.3, 0.4) is 0 Å². The first-order valence-electron chi connectivity index (χ1n) is 13.8. The number of ether oxygens (including phenoxy) is 1. The first-order valence-corrected chi connectivity index (χ1v) is 13.8. The van der Waals surface area contributed by atoms with E-state index in [9.17, 15) is 22.0 Å². The molecule has 204 valence electrons. The third-order valence-electron chi connectivity index (χ3n) is 7.01. The molecule has 0 aliphatic rings. The van der Waals surface area contributed by atoms with Crippen LogP contribution in [0.1, 0.15) is 124 Å². The topological polar surface area (TPSA) is 9.23 Å². The largest absolute Gasteiger partial charge is 0.432 e. The van der Waals surface area contributed by atoms with Crippen LogP contribution in [0.2, 0.25) is 0 Å². The highest BCUT2D eigenvalue weighted by Crippen LogP contribution is 2.31. The van der Waals surface area contributed by atoms with Crippen LogP contribution < -0.4 is 4.74 Å². The van der Waals surface area contributed by atoms with Crippen molar-refractivity contribution in [2.45, 2.75) is 130 Å². The summed E-state index contributed by atoms with van der Waals surface area (Å²) in [5.41, 5.74) is 0. The van der Waals surface area contributed by atoms with Crippen molar-refractivity contribution in [3.8, 4) is 5.75 Å². The van der Waals surface area contributed by atoms with Gasteiger partial charge in [-0.25, -0.2) is 13.2 Å². The van der Waals surface area contributed by atoms with Crippen molar-refractivity contribution in [1.29, 1.82) is 0 Å². The van der Waals surface area contributed by atoms with Crippen LogP contribution in [-0.2, 0) is 0 Å². The van der Waals surface area contributed by atoms with E-state index in [4.69, 9.17) is 0 Å². The zero-order valence-corrected chi connectivity index (χ0v) is 22.3. The van der Waals surface area contributed by atoms with Gasteiger partial charge in [-0.2, -0.15) is 8.78 Å². The molecule has 1 aromatic rings. The molecule has 1 rings (SSSR count). The number of hydrogen-bond donors (Lipinski definition) is 0. The Bertz CT molecular complexity index is 671. The minimum atomic E-state index is -3.56. The fourth-order valence-electron chi connectivity index (χ4n) is 5.18. The monoisotopic (exact) mass is 506 g/mol. The Kier molecular flexibility index (Phi) is 15.6. The van der Waals surface area contributed by atoms with Crippen LogP contribution in [0.4, 0.5) is 22.0 Å². The van der Waals surface area contributed by atoms with Gasteiger partial charge >= 0.3 is 6.11 Å². The summed E-state index contributed by atoms with van der Waals surface area (Å²) in [5.74, 6) is -3.54. The predicted octanol–water partition coefficient (Wildman–Crippen LogP) is 10.9. The molecule has 0 radical (unpaired) electrons. The summed E-state index contributed by atoms with van der Waals surface area (Å²) in [6.45, 7) is 8.94. The van der Waals surface area contributed by atoms with Gasteiger partial charge in [0.05, 0.1) is 6.42 Å². The van der Waals surface area contributed by atoms with E-state index in [2.05, 4.69) is 32.4 Å². The molecule has 6 heteroatoms. The summed E-state index contributed by atoms with van der Waals surface area (Å²) in [5, 5.41) is 0. The van der Waals surface area contributed by atoms with Crippen LogP contribution >= 0.6 is 0 Å². The van der Waals surface area contributed by atoms with Crippen LogP contribution in [-0.4, -0.2) is 6.11 Å². The molecule has 0 heterocycles. The van der Waals surface area contributed by atoms with Crippen LogP contribution in [0.5, 0.6) is 5.75 Å². The van der Waals surface area contributed by atoms with Crippen molar-refractivity contribution < 1.29 is 26.7 Å². The number of rotatable bonds is 20. The summed E-state index contributed by atoms with van der Waals surface area (Å²) in [6.07, 6.45) is 11.1. The lowest BCUT2D eigenvalue weighted by molar-refractivity contribution is -0.182. The van der Waals surface area contributed by atoms with Gasteiger partial charge < -0.3 is 4.74 Å². The Morgan fingerprint density at radius 2 is 1.14 bits per heavy atom. The summed E-state index contributed by atoms with van der Waals surface area (Å²) >= 11 is 0. The molecule has 3 atom stereocenters. The number of benzene rings is 1. The molecule has 0 saturated carbocycles. The summed E-state index contributed by atoms with van der Waals surface area (Å²) in [6, 6.07) is 0.896. The van der Waals surface area contributed by atoms with E-state index in [1.807, 2.05) is 0 Å². The third kappa shape index (κ3) is 13.5. The van der Waals surface area contributed by atoms with Crippen molar-refractivity contribution in [2.24, 2.45) is 17.8 Å². The van der Waals surface area contributed by atoms with E-state index >= 15 is 0 Å². The van der Waals surface area contributed by atoms with E-state index in [1.165, 1.54) is 51.4 Å². The van der Waals surface area contributed by atoms with Crippen molar-refractivity contribution in [2.75, 3.05) is 0 Å². The highest BCUT2D eigenvalue weighted by molar-refractivity contribution is 5.25. The van der Waals surface area contributed by atoms with E-state index in [1.54, 1.807) is 0 Å². The average Bonchev–Trinajstić information content (AvgIpc) is 2.77. The molecule has 0 spiro atoms. The zero-order chi connectivity index (χ0) is 26.3. The average molecular weight is 507 g/mol. The highest BCUT2D eigenvalue weighted by atomic mass is 19.3. The summed E-state index contributed by atoms with van der Waals surface area (Å²) in [4.78, 5) is 0. The molecule has 0 aromatic heterocycles. The molecule has 1 nitrogen and oxygen atoms in total. The van der Waals surface area contributed by atoms with E-state index in [0.29, 0.717) is 24.5 Å². The SMILES string of the molecule is CCCC(C)CCCC(CCC)CCCC(CCC)CCCC(F)(F)Oc1cc(F)c(F)c(F)c1. The van der Waals surface area contributed by atoms with Gasteiger partial charge in [-0.05, 0) is 24.2 Å². The maximum atomic E-state index is 14.2. The third-order valence-corrected chi connectivity index (χ3v) is 7.01. The minimum Gasteiger partial charge on any atom is -0.432 e. The fraction of sp³-hybridized carbons (Fsp3) is 0.793. The van der Waals surface area contributed by atoms with E-state index < -0.39 is 35.7 Å². The van der Waals surface area contributed by atoms with Crippen molar-refractivity contribution >= 4 is 0 Å². The second-order valence-corrected chi connectivity index (χ2v) is 10.4. The molecule has 0 N–H and O–H groups in total. The first kappa shape index (κ1) is 31.7. The smallest absolute Gasteiger partial charge is 0.397 e. The molecule has 0 amide bonds. The normalized spacial score (nSPS) is 14.7. The lowest BCUT2D eigenvalue weighted by Crippen LogP contribution is -2.25. The second-order valence-electron chi connectivity index (χ2n) is 10.4. The molecule has 3 unspecified atom stereocenters. The van der Waals surface area contributed by atoms with Gasteiger partial charge in [-0.1, -0.05) is 111 Å². The second kappa shape index (κ2) is 17.2. The number of halogens is 5. The standard InChI is InChI=1S/C29H47F5O/c1-5-11-22(4)14-8-15-23(12-6-2)16-9-17-24(13-7-3)18-10-19-29(33,34)35-25-20-26(30)28(32)27(31)21-25/h20-24H,5-19H2,1-4H3. The maximum absolute atomic E-state index is 14.2. The number of alkyl halides is 2. The Labute approximate surface area is 210 Å². The molecule has 0 saturated heterocycles. The summed E-state index contributed by atoms with van der Waals surface area (Å²) in [7, 11) is 0. The number of hydrogen-bond acceptors (Lipinski definition) is 1. The Balaban J connectivity index is 2.44. The van der Waals surface area contributed by atoms with E-state index in [0.717, 1.165) is 37.5 Å². The van der Waals surface area contributed by atoms with E-state index in [-0.39, 0.29) is 6.42 Å². The first-order chi connectivity index (χ1) is 16.6. The van der Waals surface area contributed by atoms with Gasteiger partial charge in [0.15, 0.2) is 17.5 Å².